The SMILES string of the molecule is Cn1cnc2c(c1=O)CCN(C(=O)[C@H]1C[C@@H]1c1ccccc1)C2. The largest absolute Gasteiger partial charge is 0.336 e. The fraction of sp³-hybridized carbons (Fsp3) is 0.389. The van der Waals surface area contributed by atoms with E-state index in [1.807, 2.05) is 23.1 Å². The molecule has 1 fully saturated rings. The van der Waals surface area contributed by atoms with Crippen LogP contribution in [0.4, 0.5) is 0 Å². The van der Waals surface area contributed by atoms with Crippen LogP contribution >= 0.6 is 0 Å². The average molecular weight is 309 g/mol. The van der Waals surface area contributed by atoms with Crippen LogP contribution in [-0.4, -0.2) is 26.9 Å². The predicted octanol–water partition coefficient (Wildman–Crippen LogP) is 1.47. The Morgan fingerprint density at radius 3 is 2.83 bits per heavy atom. The fourth-order valence-electron chi connectivity index (χ4n) is 3.48. The molecule has 0 spiro atoms. The Morgan fingerprint density at radius 1 is 1.26 bits per heavy atom. The number of amides is 1. The number of nitrogens with zero attached hydrogens (tertiary/aromatic N) is 3. The van der Waals surface area contributed by atoms with Gasteiger partial charge in [0.05, 0.1) is 18.6 Å². The van der Waals surface area contributed by atoms with Crippen molar-refractivity contribution in [3.63, 3.8) is 0 Å². The number of carbonyl (C=O) groups excluding carboxylic acids is 1. The first kappa shape index (κ1) is 14.2. The first-order valence-electron chi connectivity index (χ1n) is 8.02. The van der Waals surface area contributed by atoms with Crippen molar-refractivity contribution >= 4 is 5.91 Å². The molecule has 0 N–H and O–H groups in total. The number of hydrogen-bond acceptors (Lipinski definition) is 3. The molecule has 1 amide bonds. The van der Waals surface area contributed by atoms with Gasteiger partial charge in [0, 0.05) is 25.1 Å². The predicted molar refractivity (Wildman–Crippen MR) is 85.9 cm³/mol. The minimum Gasteiger partial charge on any atom is -0.336 e. The van der Waals surface area contributed by atoms with Gasteiger partial charge in [0.1, 0.15) is 0 Å². The summed E-state index contributed by atoms with van der Waals surface area (Å²) in [6.45, 7) is 1.08. The van der Waals surface area contributed by atoms with Gasteiger partial charge in [-0.1, -0.05) is 30.3 Å². The summed E-state index contributed by atoms with van der Waals surface area (Å²) in [6.07, 6.45) is 3.07. The average Bonchev–Trinajstić information content (AvgIpc) is 3.39. The molecule has 2 atom stereocenters. The van der Waals surface area contributed by atoms with E-state index in [0.717, 1.165) is 17.7 Å². The van der Waals surface area contributed by atoms with E-state index in [1.54, 1.807) is 13.4 Å². The Balaban J connectivity index is 1.49. The van der Waals surface area contributed by atoms with E-state index in [1.165, 1.54) is 10.1 Å². The highest BCUT2D eigenvalue weighted by atomic mass is 16.2. The van der Waals surface area contributed by atoms with Gasteiger partial charge in [0.15, 0.2) is 0 Å². The van der Waals surface area contributed by atoms with Crippen LogP contribution < -0.4 is 5.56 Å². The molecular weight excluding hydrogens is 290 g/mol. The lowest BCUT2D eigenvalue weighted by atomic mass is 10.0. The zero-order valence-corrected chi connectivity index (χ0v) is 13.1. The Morgan fingerprint density at radius 2 is 2.04 bits per heavy atom. The minimum absolute atomic E-state index is 0.00989. The molecule has 1 aliphatic heterocycles. The molecule has 4 rings (SSSR count). The highest BCUT2D eigenvalue weighted by molar-refractivity contribution is 5.83. The van der Waals surface area contributed by atoms with E-state index in [-0.39, 0.29) is 17.4 Å². The van der Waals surface area contributed by atoms with Crippen molar-refractivity contribution in [1.82, 2.24) is 14.5 Å². The van der Waals surface area contributed by atoms with Gasteiger partial charge in [-0.2, -0.15) is 0 Å². The third kappa shape index (κ3) is 2.46. The molecule has 0 bridgehead atoms. The lowest BCUT2D eigenvalue weighted by Crippen LogP contribution is -2.40. The number of aromatic nitrogens is 2. The van der Waals surface area contributed by atoms with Crippen molar-refractivity contribution in [1.29, 1.82) is 0 Å². The summed E-state index contributed by atoms with van der Waals surface area (Å²) >= 11 is 0. The van der Waals surface area contributed by atoms with Crippen LogP contribution in [0.25, 0.3) is 0 Å². The number of hydrogen-bond donors (Lipinski definition) is 0. The second-order valence-corrected chi connectivity index (χ2v) is 6.46. The number of aryl methyl sites for hydroxylation is 1. The number of benzene rings is 1. The van der Waals surface area contributed by atoms with Gasteiger partial charge >= 0.3 is 0 Å². The van der Waals surface area contributed by atoms with E-state index in [0.29, 0.717) is 25.4 Å². The summed E-state index contributed by atoms with van der Waals surface area (Å²) in [7, 11) is 1.71. The summed E-state index contributed by atoms with van der Waals surface area (Å²) in [5.74, 6) is 0.638. The second kappa shape index (κ2) is 5.33. The van der Waals surface area contributed by atoms with E-state index in [2.05, 4.69) is 17.1 Å². The summed E-state index contributed by atoms with van der Waals surface area (Å²) in [5.41, 5.74) is 2.77. The van der Waals surface area contributed by atoms with Crippen LogP contribution in [0.2, 0.25) is 0 Å². The molecule has 118 valence electrons. The van der Waals surface area contributed by atoms with Gasteiger partial charge in [-0.15, -0.1) is 0 Å². The van der Waals surface area contributed by atoms with Crippen molar-refractivity contribution in [2.24, 2.45) is 13.0 Å². The van der Waals surface area contributed by atoms with Gasteiger partial charge in [0.2, 0.25) is 5.91 Å². The van der Waals surface area contributed by atoms with Crippen LogP contribution in [-0.2, 0) is 24.8 Å². The molecule has 0 unspecified atom stereocenters. The van der Waals surface area contributed by atoms with E-state index >= 15 is 0 Å². The Hall–Kier alpha value is -2.43. The van der Waals surface area contributed by atoms with Crippen LogP contribution in [0.5, 0.6) is 0 Å². The molecule has 2 aromatic rings. The van der Waals surface area contributed by atoms with Gasteiger partial charge in [0.25, 0.3) is 5.56 Å². The second-order valence-electron chi connectivity index (χ2n) is 6.46. The van der Waals surface area contributed by atoms with Gasteiger partial charge < -0.3 is 9.47 Å². The molecular formula is C18H19N3O2. The smallest absolute Gasteiger partial charge is 0.256 e. The van der Waals surface area contributed by atoms with E-state index in [9.17, 15) is 9.59 Å². The Labute approximate surface area is 134 Å². The molecule has 5 heteroatoms. The molecule has 5 nitrogen and oxygen atoms in total. The van der Waals surface area contributed by atoms with Crippen molar-refractivity contribution in [3.8, 4) is 0 Å². The fourth-order valence-corrected chi connectivity index (χ4v) is 3.48. The Kier molecular flexibility index (Phi) is 3.29. The van der Waals surface area contributed by atoms with Crippen molar-refractivity contribution in [3.05, 3.63) is 63.8 Å². The molecule has 1 saturated carbocycles. The first-order valence-corrected chi connectivity index (χ1v) is 8.02. The third-order valence-electron chi connectivity index (χ3n) is 4.93. The molecule has 23 heavy (non-hydrogen) atoms. The molecule has 1 aliphatic carbocycles. The summed E-state index contributed by atoms with van der Waals surface area (Å²) in [6, 6.07) is 10.2. The van der Waals surface area contributed by atoms with Gasteiger partial charge in [-0.05, 0) is 24.3 Å². The van der Waals surface area contributed by atoms with Crippen LogP contribution in [0.1, 0.15) is 29.2 Å². The molecule has 0 radical (unpaired) electrons. The van der Waals surface area contributed by atoms with E-state index < -0.39 is 0 Å². The third-order valence-corrected chi connectivity index (χ3v) is 4.93. The molecule has 2 aliphatic rings. The maximum atomic E-state index is 12.7. The number of rotatable bonds is 2. The van der Waals surface area contributed by atoms with Gasteiger partial charge in [-0.3, -0.25) is 9.59 Å². The van der Waals surface area contributed by atoms with Gasteiger partial charge in [-0.25, -0.2) is 4.98 Å². The highest BCUT2D eigenvalue weighted by Gasteiger charge is 2.46. The standard InChI is InChI=1S/C18H19N3O2/c1-20-11-19-16-10-21(8-7-13(16)17(20)22)18(23)15-9-14(15)12-5-3-2-4-6-12/h2-6,11,14-15H,7-10H2,1H3/t14-,15+/m1/s1. The molecule has 1 aromatic heterocycles. The first-order chi connectivity index (χ1) is 11.1. The monoisotopic (exact) mass is 309 g/mol. The van der Waals surface area contributed by atoms with Crippen molar-refractivity contribution in [2.45, 2.75) is 25.3 Å². The lowest BCUT2D eigenvalue weighted by Gasteiger charge is -2.28. The normalized spacial score (nSPS) is 22.6. The quantitative estimate of drug-likeness (QED) is 0.844. The zero-order chi connectivity index (χ0) is 16.0. The Bertz CT molecular complexity index is 813. The topological polar surface area (TPSA) is 55.2 Å². The van der Waals surface area contributed by atoms with E-state index in [4.69, 9.17) is 0 Å². The van der Waals surface area contributed by atoms with Crippen molar-refractivity contribution in [2.75, 3.05) is 6.54 Å². The minimum atomic E-state index is 0.00989. The van der Waals surface area contributed by atoms with Crippen LogP contribution in [0.15, 0.2) is 41.5 Å². The summed E-state index contributed by atoms with van der Waals surface area (Å²) < 4.78 is 1.50. The molecule has 1 aromatic carbocycles. The number of carbonyl (C=O) groups is 1. The zero-order valence-electron chi connectivity index (χ0n) is 13.1. The van der Waals surface area contributed by atoms with Crippen LogP contribution in [0.3, 0.4) is 0 Å². The van der Waals surface area contributed by atoms with Crippen LogP contribution in [0, 0.1) is 5.92 Å². The highest BCUT2D eigenvalue weighted by Crippen LogP contribution is 2.48. The molecule has 0 saturated heterocycles. The maximum absolute atomic E-state index is 12.7. The van der Waals surface area contributed by atoms with Crippen molar-refractivity contribution < 1.29 is 4.79 Å². The molecule has 2 heterocycles. The maximum Gasteiger partial charge on any atom is 0.256 e. The summed E-state index contributed by atoms with van der Waals surface area (Å²) in [5, 5.41) is 0. The lowest BCUT2D eigenvalue weighted by molar-refractivity contribution is -0.133. The number of fused-ring (bicyclic) bond motifs is 1. The summed E-state index contributed by atoms with van der Waals surface area (Å²) in [4.78, 5) is 31.0.